The van der Waals surface area contributed by atoms with E-state index >= 15 is 0 Å². The van der Waals surface area contributed by atoms with Crippen molar-refractivity contribution in [2.75, 3.05) is 12.8 Å². The number of carbonyl (C=O) groups is 2. The number of nitrogens with one attached hydrogen (secondary N) is 2. The number of carbonyl (C=O) groups excluding carboxylic acids is 1. The number of amides is 1. The van der Waals surface area contributed by atoms with Gasteiger partial charge in [-0.25, -0.2) is 4.79 Å². The monoisotopic (exact) mass is 505 g/mol. The molecule has 2 aromatic carbocycles. The first-order valence-electron chi connectivity index (χ1n) is 10.6. The van der Waals surface area contributed by atoms with Gasteiger partial charge in [-0.3, -0.25) is 14.8 Å². The van der Waals surface area contributed by atoms with Gasteiger partial charge in [-0.2, -0.15) is 8.42 Å². The zero-order valence-electron chi connectivity index (χ0n) is 19.4. The van der Waals surface area contributed by atoms with Gasteiger partial charge in [0.15, 0.2) is 0 Å². The summed E-state index contributed by atoms with van der Waals surface area (Å²) in [5.74, 6) is -0.940. The van der Waals surface area contributed by atoms with Gasteiger partial charge in [-0.15, -0.1) is 0 Å². The minimum Gasteiger partial charge on any atom is -0.481 e. The number of nitrogens with two attached hydrogens (primary N) is 1. The molecular formula is C24H31N3O7S. The zero-order chi connectivity index (χ0) is 26.3. The van der Waals surface area contributed by atoms with Crippen molar-refractivity contribution in [2.45, 2.75) is 31.8 Å². The van der Waals surface area contributed by atoms with E-state index in [0.717, 1.165) is 16.7 Å². The van der Waals surface area contributed by atoms with Gasteiger partial charge in [0.1, 0.15) is 12.4 Å². The van der Waals surface area contributed by atoms with E-state index in [1.165, 1.54) is 6.08 Å². The third-order valence-electron chi connectivity index (χ3n) is 4.52. The molecule has 0 aliphatic carbocycles. The van der Waals surface area contributed by atoms with Crippen molar-refractivity contribution in [3.63, 3.8) is 0 Å². The highest BCUT2D eigenvalue weighted by Gasteiger charge is 2.15. The van der Waals surface area contributed by atoms with Crippen LogP contribution in [0.3, 0.4) is 0 Å². The van der Waals surface area contributed by atoms with Crippen LogP contribution in [-0.4, -0.2) is 48.8 Å². The fourth-order valence-corrected chi connectivity index (χ4v) is 3.00. The standard InChI is InChI=1S/C23H27N3O4.CH4O3S/c24-21(25)11-9-17-7-4-8-20(15-17)19(10-12-22(27)28)13-14-26-23(29)30-16-18-5-2-1-3-6-18;1-5(2,3)4/h1-9,11,15,19H,10,12-14,16H2,(H3,24,25)(H,26,29)(H,27,28);1H3,(H,2,3,4). The first-order valence-corrected chi connectivity index (χ1v) is 12.5. The van der Waals surface area contributed by atoms with Crippen LogP contribution in [0.15, 0.2) is 60.7 Å². The summed E-state index contributed by atoms with van der Waals surface area (Å²) in [6, 6.07) is 17.1. The van der Waals surface area contributed by atoms with Gasteiger partial charge in [-0.1, -0.05) is 60.7 Å². The van der Waals surface area contributed by atoms with Crippen LogP contribution in [0.25, 0.3) is 6.08 Å². The summed E-state index contributed by atoms with van der Waals surface area (Å²) < 4.78 is 31.1. The minimum atomic E-state index is -3.67. The number of ether oxygens (including phenoxy) is 1. The summed E-state index contributed by atoms with van der Waals surface area (Å²) in [5.41, 5.74) is 8.11. The van der Waals surface area contributed by atoms with Crippen molar-refractivity contribution in [1.29, 1.82) is 5.41 Å². The first-order chi connectivity index (χ1) is 16.4. The number of rotatable bonds is 11. The smallest absolute Gasteiger partial charge is 0.407 e. The normalized spacial score (nSPS) is 11.7. The molecule has 10 nitrogen and oxygen atoms in total. The Hall–Kier alpha value is -3.70. The van der Waals surface area contributed by atoms with E-state index in [1.54, 1.807) is 6.08 Å². The molecule has 0 aromatic heterocycles. The maximum atomic E-state index is 11.9. The maximum Gasteiger partial charge on any atom is 0.407 e. The van der Waals surface area contributed by atoms with Gasteiger partial charge < -0.3 is 20.9 Å². The minimum absolute atomic E-state index is 0.0383. The summed E-state index contributed by atoms with van der Waals surface area (Å²) in [6.45, 7) is 0.561. The van der Waals surface area contributed by atoms with Gasteiger partial charge in [0.2, 0.25) is 0 Å². The maximum absolute atomic E-state index is 11.9. The number of hydrogen-bond acceptors (Lipinski definition) is 6. The van der Waals surface area contributed by atoms with Gasteiger partial charge in [0.25, 0.3) is 10.1 Å². The summed E-state index contributed by atoms with van der Waals surface area (Å²) in [6.07, 6.45) is 4.51. The number of alkyl carbamates (subject to hydrolysis) is 1. The van der Waals surface area contributed by atoms with Crippen LogP contribution in [-0.2, 0) is 26.3 Å². The lowest BCUT2D eigenvalue weighted by Crippen LogP contribution is -2.26. The predicted octanol–water partition coefficient (Wildman–Crippen LogP) is 3.40. The summed E-state index contributed by atoms with van der Waals surface area (Å²) >= 11 is 0. The van der Waals surface area contributed by atoms with Crippen LogP contribution in [0.2, 0.25) is 0 Å². The molecular weight excluding hydrogens is 474 g/mol. The lowest BCUT2D eigenvalue weighted by Gasteiger charge is -2.17. The molecule has 0 radical (unpaired) electrons. The van der Waals surface area contributed by atoms with Crippen LogP contribution >= 0.6 is 0 Å². The molecule has 0 aliphatic heterocycles. The fourth-order valence-electron chi connectivity index (χ4n) is 3.00. The van der Waals surface area contributed by atoms with Gasteiger partial charge >= 0.3 is 12.1 Å². The van der Waals surface area contributed by atoms with Gasteiger partial charge in [0, 0.05) is 13.0 Å². The van der Waals surface area contributed by atoms with Crippen LogP contribution in [0, 0.1) is 5.41 Å². The zero-order valence-corrected chi connectivity index (χ0v) is 20.2. The molecule has 1 unspecified atom stereocenters. The number of benzene rings is 2. The Bertz CT molecular complexity index is 1100. The van der Waals surface area contributed by atoms with E-state index in [9.17, 15) is 18.0 Å². The van der Waals surface area contributed by atoms with Gasteiger partial charge in [-0.05, 0) is 41.5 Å². The van der Waals surface area contributed by atoms with Crippen LogP contribution < -0.4 is 11.1 Å². The molecule has 0 saturated carbocycles. The third-order valence-corrected chi connectivity index (χ3v) is 4.52. The Morgan fingerprint density at radius 2 is 1.80 bits per heavy atom. The third kappa shape index (κ3) is 15.7. The second-order valence-corrected chi connectivity index (χ2v) is 9.06. The highest BCUT2D eigenvalue weighted by atomic mass is 32.2. The summed E-state index contributed by atoms with van der Waals surface area (Å²) in [7, 11) is -3.67. The number of carboxylic acids is 1. The summed E-state index contributed by atoms with van der Waals surface area (Å²) in [4.78, 5) is 23.0. The van der Waals surface area contributed by atoms with Crippen LogP contribution in [0.5, 0.6) is 0 Å². The SMILES string of the molecule is CS(=O)(=O)O.N=C(N)C=Cc1cccc(C(CCNC(=O)OCc2ccccc2)CCC(=O)O)c1. The molecule has 2 aromatic rings. The lowest BCUT2D eigenvalue weighted by atomic mass is 9.90. The number of carboxylic acid groups (broad SMARTS) is 1. The van der Waals surface area contributed by atoms with E-state index in [4.69, 9.17) is 25.5 Å². The predicted molar refractivity (Wildman–Crippen MR) is 134 cm³/mol. The molecule has 11 heteroatoms. The van der Waals surface area contributed by atoms with E-state index in [2.05, 4.69) is 5.32 Å². The number of amidine groups is 1. The quantitative estimate of drug-likeness (QED) is 0.175. The Morgan fingerprint density at radius 1 is 1.14 bits per heavy atom. The molecule has 0 aliphatic rings. The van der Waals surface area contributed by atoms with Gasteiger partial charge in [0.05, 0.1) is 6.26 Å². The van der Waals surface area contributed by atoms with Crippen molar-refractivity contribution in [3.05, 3.63) is 77.4 Å². The second kappa shape index (κ2) is 15.3. The fraction of sp³-hybridized carbons (Fsp3) is 0.292. The molecule has 2 rings (SSSR count). The highest BCUT2D eigenvalue weighted by Crippen LogP contribution is 2.26. The second-order valence-electron chi connectivity index (χ2n) is 7.60. The summed E-state index contributed by atoms with van der Waals surface area (Å²) in [5, 5.41) is 19.1. The van der Waals surface area contributed by atoms with Crippen molar-refractivity contribution in [1.82, 2.24) is 5.32 Å². The Balaban J connectivity index is 0.00000111. The topological polar surface area (TPSA) is 180 Å². The molecule has 0 heterocycles. The largest absolute Gasteiger partial charge is 0.481 e. The van der Waals surface area contributed by atoms with Crippen molar-refractivity contribution < 1.29 is 32.4 Å². The average molecular weight is 506 g/mol. The highest BCUT2D eigenvalue weighted by molar-refractivity contribution is 7.85. The molecule has 0 bridgehead atoms. The lowest BCUT2D eigenvalue weighted by molar-refractivity contribution is -0.137. The van der Waals surface area contributed by atoms with Crippen LogP contribution in [0.4, 0.5) is 4.79 Å². The van der Waals surface area contributed by atoms with E-state index in [1.807, 2.05) is 54.6 Å². The van der Waals surface area contributed by atoms with Crippen molar-refractivity contribution in [3.8, 4) is 0 Å². The number of aliphatic carboxylic acids is 1. The molecule has 190 valence electrons. The Labute approximate surface area is 205 Å². The van der Waals surface area contributed by atoms with Crippen molar-refractivity contribution in [2.24, 2.45) is 5.73 Å². The van der Waals surface area contributed by atoms with Crippen molar-refractivity contribution >= 4 is 34.1 Å². The van der Waals surface area contributed by atoms with E-state index in [0.29, 0.717) is 25.6 Å². The number of hydrogen-bond donors (Lipinski definition) is 5. The Kier molecular flexibility index (Phi) is 12.8. The van der Waals surface area contributed by atoms with E-state index < -0.39 is 22.2 Å². The molecule has 1 atom stereocenters. The Morgan fingerprint density at radius 3 is 2.40 bits per heavy atom. The molecule has 0 spiro atoms. The molecule has 35 heavy (non-hydrogen) atoms. The first kappa shape index (κ1) is 29.3. The molecule has 6 N–H and O–H groups in total. The average Bonchev–Trinajstić information content (AvgIpc) is 2.78. The molecule has 1 amide bonds. The van der Waals surface area contributed by atoms with E-state index in [-0.39, 0.29) is 24.8 Å². The molecule has 0 fully saturated rings. The van der Waals surface area contributed by atoms with Crippen LogP contribution in [0.1, 0.15) is 41.9 Å². The molecule has 0 saturated heterocycles.